The topological polar surface area (TPSA) is 115 Å². The van der Waals surface area contributed by atoms with Crippen LogP contribution in [0.25, 0.3) is 11.0 Å². The van der Waals surface area contributed by atoms with Crippen LogP contribution in [-0.4, -0.2) is 16.7 Å². The highest BCUT2D eigenvalue weighted by Crippen LogP contribution is 2.21. The smallest absolute Gasteiger partial charge is 0.270 e. The zero-order valence-corrected chi connectivity index (χ0v) is 14.6. The molecule has 2 amide bonds. The number of nitro benzene ring substituents is 1. The van der Waals surface area contributed by atoms with Crippen LogP contribution in [0, 0.1) is 17.0 Å². The molecular weight excluding hydrogens is 350 g/mol. The van der Waals surface area contributed by atoms with Gasteiger partial charge in [0.1, 0.15) is 11.1 Å². The van der Waals surface area contributed by atoms with Crippen molar-refractivity contribution in [2.45, 2.75) is 13.8 Å². The van der Waals surface area contributed by atoms with Crippen molar-refractivity contribution in [1.29, 1.82) is 0 Å². The van der Waals surface area contributed by atoms with Gasteiger partial charge in [-0.05, 0) is 36.8 Å². The van der Waals surface area contributed by atoms with Gasteiger partial charge in [-0.3, -0.25) is 25.0 Å². The van der Waals surface area contributed by atoms with Crippen LogP contribution in [0.2, 0.25) is 0 Å². The van der Waals surface area contributed by atoms with Crippen LogP contribution in [0.5, 0.6) is 0 Å². The maximum Gasteiger partial charge on any atom is 0.270 e. The van der Waals surface area contributed by atoms with Crippen molar-refractivity contribution in [1.82, 2.24) is 5.32 Å². The minimum absolute atomic E-state index is 0.000274. The van der Waals surface area contributed by atoms with E-state index in [1.165, 1.54) is 31.2 Å². The van der Waals surface area contributed by atoms with Crippen molar-refractivity contribution in [3.8, 4) is 0 Å². The van der Waals surface area contributed by atoms with Crippen LogP contribution in [0.15, 0.2) is 57.9 Å². The number of amides is 2. The average molecular weight is 365 g/mol. The van der Waals surface area contributed by atoms with Gasteiger partial charge >= 0.3 is 0 Å². The van der Waals surface area contributed by atoms with Gasteiger partial charge in [-0.2, -0.15) is 0 Å². The van der Waals surface area contributed by atoms with Gasteiger partial charge in [-0.25, -0.2) is 4.99 Å². The van der Waals surface area contributed by atoms with Gasteiger partial charge in [0, 0.05) is 24.4 Å². The van der Waals surface area contributed by atoms with Gasteiger partial charge < -0.3 is 4.42 Å². The second-order valence-electron chi connectivity index (χ2n) is 5.91. The Morgan fingerprint density at radius 3 is 2.59 bits per heavy atom. The molecule has 0 radical (unpaired) electrons. The molecule has 0 saturated carbocycles. The number of nitrogens with one attached hydrogen (secondary N) is 1. The van der Waals surface area contributed by atoms with E-state index < -0.39 is 16.7 Å². The Balaban J connectivity index is 2.26. The number of non-ortho nitro benzene ring substituents is 1. The first-order valence-electron chi connectivity index (χ1n) is 7.99. The molecule has 0 atom stereocenters. The molecule has 8 nitrogen and oxygen atoms in total. The predicted octanol–water partition coefficient (Wildman–Crippen LogP) is 3.16. The maximum absolute atomic E-state index is 12.4. The van der Waals surface area contributed by atoms with E-state index in [0.29, 0.717) is 16.7 Å². The maximum atomic E-state index is 12.4. The zero-order chi connectivity index (χ0) is 19.6. The SMILES string of the molecule is CC(=O)NC(=O)c1cc2cc([N+](=O)[O-])ccc2oc1=Nc1cccc(C)c1. The number of aryl methyl sites for hydroxylation is 1. The van der Waals surface area contributed by atoms with Crippen molar-refractivity contribution in [2.75, 3.05) is 0 Å². The summed E-state index contributed by atoms with van der Waals surface area (Å²) in [6.45, 7) is 3.11. The van der Waals surface area contributed by atoms with Gasteiger partial charge in [0.2, 0.25) is 11.5 Å². The number of nitrogens with zero attached hydrogens (tertiary/aromatic N) is 2. The molecule has 0 saturated heterocycles. The molecule has 1 aromatic heterocycles. The summed E-state index contributed by atoms with van der Waals surface area (Å²) in [5.41, 5.74) is 1.73. The monoisotopic (exact) mass is 365 g/mol. The minimum atomic E-state index is -0.703. The largest absolute Gasteiger partial charge is 0.438 e. The van der Waals surface area contributed by atoms with E-state index in [0.717, 1.165) is 5.56 Å². The third-order valence-electron chi connectivity index (χ3n) is 3.71. The average Bonchev–Trinajstić information content (AvgIpc) is 2.60. The van der Waals surface area contributed by atoms with Gasteiger partial charge in [0.25, 0.3) is 11.6 Å². The lowest BCUT2D eigenvalue weighted by Gasteiger charge is -2.05. The fraction of sp³-hybridized carbons (Fsp3) is 0.105. The van der Waals surface area contributed by atoms with E-state index >= 15 is 0 Å². The van der Waals surface area contributed by atoms with Gasteiger partial charge in [-0.15, -0.1) is 0 Å². The summed E-state index contributed by atoms with van der Waals surface area (Å²) in [5, 5.41) is 13.5. The number of fused-ring (bicyclic) bond motifs is 1. The summed E-state index contributed by atoms with van der Waals surface area (Å²) in [7, 11) is 0. The molecule has 8 heteroatoms. The van der Waals surface area contributed by atoms with Crippen LogP contribution in [0.4, 0.5) is 11.4 Å². The molecule has 0 bridgehead atoms. The highest BCUT2D eigenvalue weighted by molar-refractivity contribution is 6.05. The first-order chi connectivity index (χ1) is 12.8. The highest BCUT2D eigenvalue weighted by atomic mass is 16.6. The van der Waals surface area contributed by atoms with E-state index in [2.05, 4.69) is 10.3 Å². The lowest BCUT2D eigenvalue weighted by atomic mass is 10.1. The predicted molar refractivity (Wildman–Crippen MR) is 97.4 cm³/mol. The van der Waals surface area contributed by atoms with E-state index in [-0.39, 0.29) is 16.8 Å². The number of carbonyl (C=O) groups excluding carboxylic acids is 2. The van der Waals surface area contributed by atoms with Crippen LogP contribution in [-0.2, 0) is 4.79 Å². The lowest BCUT2D eigenvalue weighted by Crippen LogP contribution is -2.32. The molecule has 0 fully saturated rings. The van der Waals surface area contributed by atoms with Crippen LogP contribution >= 0.6 is 0 Å². The van der Waals surface area contributed by atoms with Crippen molar-refractivity contribution < 1.29 is 18.9 Å². The Bertz CT molecular complexity index is 1150. The summed E-state index contributed by atoms with van der Waals surface area (Å²) in [6, 6.07) is 12.7. The van der Waals surface area contributed by atoms with Gasteiger partial charge in [0.05, 0.1) is 10.6 Å². The highest BCUT2D eigenvalue weighted by Gasteiger charge is 2.16. The van der Waals surface area contributed by atoms with E-state index in [1.54, 1.807) is 6.07 Å². The number of rotatable bonds is 3. The normalized spacial score (nSPS) is 11.4. The Labute approximate surface area is 153 Å². The molecule has 2 aromatic carbocycles. The molecule has 0 aliphatic heterocycles. The molecular formula is C19H15N3O5. The third-order valence-corrected chi connectivity index (χ3v) is 3.71. The van der Waals surface area contributed by atoms with Crippen LogP contribution in [0.1, 0.15) is 22.8 Å². The zero-order valence-electron chi connectivity index (χ0n) is 14.6. The van der Waals surface area contributed by atoms with Crippen molar-refractivity contribution >= 4 is 34.2 Å². The number of carbonyl (C=O) groups is 2. The molecule has 1 heterocycles. The molecule has 0 unspecified atom stereocenters. The molecule has 136 valence electrons. The van der Waals surface area contributed by atoms with Gasteiger partial charge in [-0.1, -0.05) is 12.1 Å². The molecule has 0 spiro atoms. The number of hydrogen-bond acceptors (Lipinski definition) is 6. The van der Waals surface area contributed by atoms with E-state index in [1.807, 2.05) is 25.1 Å². The Kier molecular flexibility index (Phi) is 4.80. The van der Waals surface area contributed by atoms with Crippen molar-refractivity contribution in [2.24, 2.45) is 4.99 Å². The molecule has 3 rings (SSSR count). The fourth-order valence-corrected chi connectivity index (χ4v) is 2.52. The molecule has 3 aromatic rings. The fourth-order valence-electron chi connectivity index (χ4n) is 2.52. The number of benzene rings is 2. The summed E-state index contributed by atoms with van der Waals surface area (Å²) >= 11 is 0. The summed E-state index contributed by atoms with van der Waals surface area (Å²) in [4.78, 5) is 38.5. The number of imide groups is 1. The third kappa shape index (κ3) is 4.06. The van der Waals surface area contributed by atoms with Crippen LogP contribution in [0.3, 0.4) is 0 Å². The van der Waals surface area contributed by atoms with E-state index in [4.69, 9.17) is 4.42 Å². The second-order valence-corrected chi connectivity index (χ2v) is 5.91. The van der Waals surface area contributed by atoms with Crippen molar-refractivity contribution in [3.05, 3.63) is 75.3 Å². The number of nitro groups is 1. The summed E-state index contributed by atoms with van der Waals surface area (Å²) in [5.74, 6) is -1.24. The van der Waals surface area contributed by atoms with E-state index in [9.17, 15) is 19.7 Å². The molecule has 0 aliphatic carbocycles. The molecule has 1 N–H and O–H groups in total. The number of hydrogen-bond donors (Lipinski definition) is 1. The van der Waals surface area contributed by atoms with Gasteiger partial charge in [0.15, 0.2) is 0 Å². The summed E-state index contributed by atoms with van der Waals surface area (Å²) < 4.78 is 5.71. The Morgan fingerprint density at radius 2 is 1.93 bits per heavy atom. The summed E-state index contributed by atoms with van der Waals surface area (Å²) in [6.07, 6.45) is 0. The molecule has 0 aliphatic rings. The standard InChI is InChI=1S/C19H15N3O5/c1-11-4-3-5-14(8-11)21-19-16(18(24)20-12(2)23)10-13-9-15(22(25)26)6-7-17(13)27-19/h3-10H,1-2H3,(H,20,23,24). The second kappa shape index (κ2) is 7.20. The van der Waals surface area contributed by atoms with Crippen LogP contribution < -0.4 is 10.9 Å². The Morgan fingerprint density at radius 1 is 1.15 bits per heavy atom. The quantitative estimate of drug-likeness (QED) is 0.565. The first kappa shape index (κ1) is 18.0. The molecule has 27 heavy (non-hydrogen) atoms. The van der Waals surface area contributed by atoms with Crippen molar-refractivity contribution in [3.63, 3.8) is 0 Å². The minimum Gasteiger partial charge on any atom is -0.438 e. The first-order valence-corrected chi connectivity index (χ1v) is 7.99. The lowest BCUT2D eigenvalue weighted by molar-refractivity contribution is -0.384. The Hall–Kier alpha value is -3.81.